The Balaban J connectivity index is 1.54. The zero-order chi connectivity index (χ0) is 17.5. The highest BCUT2D eigenvalue weighted by atomic mass is 16.5. The molecule has 7 nitrogen and oxygen atoms in total. The number of aromatic nitrogens is 2. The molecule has 0 aliphatic carbocycles. The molecule has 1 aliphatic heterocycles. The lowest BCUT2D eigenvalue weighted by molar-refractivity contribution is 0.0593. The van der Waals surface area contributed by atoms with Gasteiger partial charge in [0.15, 0.2) is 0 Å². The number of nitrogens with zero attached hydrogens (tertiary/aromatic N) is 4. The molecule has 1 amide bonds. The van der Waals surface area contributed by atoms with E-state index in [0.29, 0.717) is 24.6 Å². The molecule has 0 atom stereocenters. The molecule has 132 valence electrons. The van der Waals surface area contributed by atoms with Crippen LogP contribution < -0.4 is 5.32 Å². The van der Waals surface area contributed by atoms with Gasteiger partial charge in [-0.3, -0.25) is 9.69 Å². The summed E-state index contributed by atoms with van der Waals surface area (Å²) in [5.41, 5.74) is 1.43. The molecule has 0 spiro atoms. The normalized spacial score (nSPS) is 15.2. The number of ether oxygens (including phenoxy) is 1. The van der Waals surface area contributed by atoms with Crippen LogP contribution in [-0.2, 0) is 4.74 Å². The average Bonchev–Trinajstić information content (AvgIpc) is 2.68. The minimum absolute atomic E-state index is 0.0161. The molecule has 2 heterocycles. The Morgan fingerprint density at radius 3 is 2.44 bits per heavy atom. The summed E-state index contributed by atoms with van der Waals surface area (Å²) in [6.07, 6.45) is 3.16. The lowest BCUT2D eigenvalue weighted by atomic mass is 10.2. The number of benzene rings is 1. The van der Waals surface area contributed by atoms with Gasteiger partial charge in [0.2, 0.25) is 5.95 Å². The van der Waals surface area contributed by atoms with Gasteiger partial charge in [0.05, 0.1) is 12.2 Å². The lowest BCUT2D eigenvalue weighted by Gasteiger charge is -2.34. The first kappa shape index (κ1) is 17.3. The van der Waals surface area contributed by atoms with Crippen LogP contribution >= 0.6 is 0 Å². The highest BCUT2D eigenvalue weighted by Crippen LogP contribution is 2.13. The molecular weight excluding hydrogens is 318 g/mol. The standard InChI is InChI=1S/C18H23N5O2/c1-25-12-11-22-7-9-23(10-8-22)17(24)15-13-19-18(20-14-15)21-16-5-3-2-4-6-16/h2-6,13-14H,7-12H2,1H3,(H,19,20,21). The number of rotatable bonds is 6. The number of nitrogens with one attached hydrogen (secondary N) is 1. The van der Waals surface area contributed by atoms with Crippen molar-refractivity contribution in [3.05, 3.63) is 48.3 Å². The largest absolute Gasteiger partial charge is 0.383 e. The minimum Gasteiger partial charge on any atom is -0.383 e. The summed E-state index contributed by atoms with van der Waals surface area (Å²) in [5.74, 6) is 0.463. The first-order valence-electron chi connectivity index (χ1n) is 8.41. The Labute approximate surface area is 147 Å². The van der Waals surface area contributed by atoms with Crippen molar-refractivity contribution in [3.63, 3.8) is 0 Å². The zero-order valence-corrected chi connectivity index (χ0v) is 14.4. The SMILES string of the molecule is COCCN1CCN(C(=O)c2cnc(Nc3ccccc3)nc2)CC1. The quantitative estimate of drug-likeness (QED) is 0.861. The summed E-state index contributed by atoms with van der Waals surface area (Å²) < 4.78 is 5.10. The van der Waals surface area contributed by atoms with Crippen molar-refractivity contribution < 1.29 is 9.53 Å². The second-order valence-electron chi connectivity index (χ2n) is 5.91. The lowest BCUT2D eigenvalue weighted by Crippen LogP contribution is -2.49. The van der Waals surface area contributed by atoms with Gasteiger partial charge in [0.25, 0.3) is 5.91 Å². The van der Waals surface area contributed by atoms with Gasteiger partial charge in [-0.05, 0) is 12.1 Å². The fourth-order valence-electron chi connectivity index (χ4n) is 2.73. The Hall–Kier alpha value is -2.51. The van der Waals surface area contributed by atoms with E-state index in [9.17, 15) is 4.79 Å². The Morgan fingerprint density at radius 2 is 1.80 bits per heavy atom. The van der Waals surface area contributed by atoms with Crippen LogP contribution in [0.25, 0.3) is 0 Å². The number of carbonyl (C=O) groups excluding carboxylic acids is 1. The van der Waals surface area contributed by atoms with Gasteiger partial charge >= 0.3 is 0 Å². The molecular formula is C18H23N5O2. The third-order valence-corrected chi connectivity index (χ3v) is 4.20. The maximum atomic E-state index is 12.6. The molecule has 2 aromatic rings. The maximum absolute atomic E-state index is 12.6. The molecule has 0 bridgehead atoms. The van der Waals surface area contributed by atoms with E-state index in [0.717, 1.165) is 31.9 Å². The van der Waals surface area contributed by atoms with Gasteiger partial charge in [-0.2, -0.15) is 0 Å². The monoisotopic (exact) mass is 341 g/mol. The van der Waals surface area contributed by atoms with Crippen LogP contribution in [0.15, 0.2) is 42.7 Å². The topological polar surface area (TPSA) is 70.6 Å². The van der Waals surface area contributed by atoms with E-state index in [1.54, 1.807) is 19.5 Å². The molecule has 0 saturated carbocycles. The predicted molar refractivity (Wildman–Crippen MR) is 96.0 cm³/mol. The van der Waals surface area contributed by atoms with Crippen molar-refractivity contribution >= 4 is 17.5 Å². The second-order valence-corrected chi connectivity index (χ2v) is 5.91. The number of carbonyl (C=O) groups is 1. The van der Waals surface area contributed by atoms with Crippen molar-refractivity contribution in [3.8, 4) is 0 Å². The van der Waals surface area contributed by atoms with Gasteiger partial charge in [-0.25, -0.2) is 9.97 Å². The number of amides is 1. The van der Waals surface area contributed by atoms with Gasteiger partial charge in [0, 0.05) is 57.9 Å². The second kappa shape index (κ2) is 8.55. The van der Waals surface area contributed by atoms with E-state index in [1.807, 2.05) is 35.2 Å². The maximum Gasteiger partial charge on any atom is 0.257 e. The van der Waals surface area contributed by atoms with E-state index in [2.05, 4.69) is 20.2 Å². The molecule has 1 N–H and O–H groups in total. The summed E-state index contributed by atoms with van der Waals surface area (Å²) in [6, 6.07) is 9.69. The fourth-order valence-corrected chi connectivity index (χ4v) is 2.73. The minimum atomic E-state index is -0.0161. The van der Waals surface area contributed by atoms with Crippen LogP contribution in [0.4, 0.5) is 11.6 Å². The van der Waals surface area contributed by atoms with E-state index in [-0.39, 0.29) is 5.91 Å². The first-order chi connectivity index (χ1) is 12.3. The van der Waals surface area contributed by atoms with Crippen molar-refractivity contribution in [2.45, 2.75) is 0 Å². The molecule has 1 aromatic carbocycles. The average molecular weight is 341 g/mol. The Bertz CT molecular complexity index is 670. The smallest absolute Gasteiger partial charge is 0.257 e. The molecule has 3 rings (SSSR count). The van der Waals surface area contributed by atoms with Crippen LogP contribution in [0.3, 0.4) is 0 Å². The molecule has 7 heteroatoms. The molecule has 1 saturated heterocycles. The predicted octanol–water partition coefficient (Wildman–Crippen LogP) is 1.62. The van der Waals surface area contributed by atoms with E-state index in [1.165, 1.54) is 0 Å². The highest BCUT2D eigenvalue weighted by Gasteiger charge is 2.22. The van der Waals surface area contributed by atoms with Crippen LogP contribution in [0, 0.1) is 0 Å². The van der Waals surface area contributed by atoms with Crippen LogP contribution in [-0.4, -0.2) is 72.1 Å². The third kappa shape index (κ3) is 4.74. The van der Waals surface area contributed by atoms with Gasteiger partial charge in [-0.15, -0.1) is 0 Å². The number of hydrogen-bond donors (Lipinski definition) is 1. The fraction of sp³-hybridized carbons (Fsp3) is 0.389. The number of methoxy groups -OCH3 is 1. The Morgan fingerprint density at radius 1 is 1.12 bits per heavy atom. The van der Waals surface area contributed by atoms with Crippen molar-refractivity contribution in [1.82, 2.24) is 19.8 Å². The summed E-state index contributed by atoms with van der Waals surface area (Å²) >= 11 is 0. The molecule has 1 fully saturated rings. The molecule has 0 unspecified atom stereocenters. The summed E-state index contributed by atoms with van der Waals surface area (Å²) in [4.78, 5) is 25.2. The molecule has 1 aliphatic rings. The zero-order valence-electron chi connectivity index (χ0n) is 14.4. The number of piperazine rings is 1. The van der Waals surface area contributed by atoms with E-state index >= 15 is 0 Å². The van der Waals surface area contributed by atoms with E-state index < -0.39 is 0 Å². The number of para-hydroxylation sites is 1. The van der Waals surface area contributed by atoms with Crippen LogP contribution in [0.2, 0.25) is 0 Å². The summed E-state index contributed by atoms with van der Waals surface area (Å²) in [7, 11) is 1.70. The van der Waals surface area contributed by atoms with Crippen molar-refractivity contribution in [1.29, 1.82) is 0 Å². The first-order valence-corrected chi connectivity index (χ1v) is 8.41. The molecule has 0 radical (unpaired) electrons. The van der Waals surface area contributed by atoms with E-state index in [4.69, 9.17) is 4.74 Å². The molecule has 25 heavy (non-hydrogen) atoms. The molecule has 1 aromatic heterocycles. The van der Waals surface area contributed by atoms with Crippen molar-refractivity contribution in [2.24, 2.45) is 0 Å². The van der Waals surface area contributed by atoms with Gasteiger partial charge in [-0.1, -0.05) is 18.2 Å². The number of anilines is 2. The highest BCUT2D eigenvalue weighted by molar-refractivity contribution is 5.93. The van der Waals surface area contributed by atoms with Crippen molar-refractivity contribution in [2.75, 3.05) is 51.8 Å². The van der Waals surface area contributed by atoms with Gasteiger partial charge in [0.1, 0.15) is 0 Å². The van der Waals surface area contributed by atoms with Gasteiger partial charge < -0.3 is 15.0 Å². The summed E-state index contributed by atoms with van der Waals surface area (Å²) in [6.45, 7) is 4.78. The summed E-state index contributed by atoms with van der Waals surface area (Å²) in [5, 5.41) is 3.11. The van der Waals surface area contributed by atoms with Crippen LogP contribution in [0.1, 0.15) is 10.4 Å². The number of hydrogen-bond acceptors (Lipinski definition) is 6. The Kier molecular flexibility index (Phi) is 5.92. The third-order valence-electron chi connectivity index (χ3n) is 4.20. The van der Waals surface area contributed by atoms with Crippen LogP contribution in [0.5, 0.6) is 0 Å².